The lowest BCUT2D eigenvalue weighted by atomic mass is 9.95. The standard InChI is InChI=1S/C47H60N6O7S/c1-8-35(9-2)53(28-27-52(6)40(54)22-23-41(55)60-47(3,4)5)30-34-29-33(24-26-48-34)43(56)51-45-42(36-13-10-11-15-39(36)61-45)44(57)50-38-14-12-25-49-37(38)21-18-31-16-19-32(20-17-31)46(58)59-7/h12,14,16-17,19-20,24-26,29,35H,8-11,13,15,18,21-23,27-28,30H2,1-7H3,(H,50,57)(H,51,56). The van der Waals surface area contributed by atoms with Gasteiger partial charge in [0.05, 0.1) is 41.7 Å². The largest absolute Gasteiger partial charge is 0.465 e. The molecular formula is C47H60N6O7S. The summed E-state index contributed by atoms with van der Waals surface area (Å²) in [5, 5.41) is 6.72. The average Bonchev–Trinajstić information content (AvgIpc) is 3.61. The van der Waals surface area contributed by atoms with Gasteiger partial charge >= 0.3 is 11.9 Å². The minimum absolute atomic E-state index is 0.0274. The van der Waals surface area contributed by atoms with Crippen LogP contribution in [-0.2, 0) is 51.3 Å². The van der Waals surface area contributed by atoms with E-state index < -0.39 is 11.6 Å². The number of nitrogens with zero attached hydrogens (tertiary/aromatic N) is 4. The maximum Gasteiger partial charge on any atom is 0.337 e. The Morgan fingerprint density at radius 2 is 1.59 bits per heavy atom. The number of carbonyl (C=O) groups is 5. The molecule has 4 aromatic rings. The Labute approximate surface area is 363 Å². The van der Waals surface area contributed by atoms with Crippen molar-refractivity contribution in [2.45, 2.75) is 117 Å². The van der Waals surface area contributed by atoms with Crippen LogP contribution in [0.15, 0.2) is 60.9 Å². The Balaban J connectivity index is 1.26. The predicted octanol–water partition coefficient (Wildman–Crippen LogP) is 8.06. The minimum atomic E-state index is -0.602. The number of anilines is 2. The van der Waals surface area contributed by atoms with Crippen LogP contribution in [0.5, 0.6) is 0 Å². The maximum atomic E-state index is 14.2. The Bertz CT molecular complexity index is 2160. The number of aromatic nitrogens is 2. The lowest BCUT2D eigenvalue weighted by Crippen LogP contribution is -2.41. The van der Waals surface area contributed by atoms with E-state index in [1.54, 1.807) is 75.4 Å². The number of hydrogen-bond acceptors (Lipinski definition) is 11. The van der Waals surface area contributed by atoms with Gasteiger partial charge in [0.15, 0.2) is 0 Å². The molecule has 0 unspecified atom stereocenters. The Hall–Kier alpha value is -5.47. The molecule has 3 heterocycles. The molecule has 0 bridgehead atoms. The van der Waals surface area contributed by atoms with Gasteiger partial charge in [-0.25, -0.2) is 4.79 Å². The Kier molecular flexibility index (Phi) is 16.7. The molecule has 0 saturated heterocycles. The van der Waals surface area contributed by atoms with E-state index in [1.807, 2.05) is 18.2 Å². The van der Waals surface area contributed by atoms with Crippen molar-refractivity contribution in [3.05, 3.63) is 105 Å². The molecule has 0 fully saturated rings. The fourth-order valence-electron chi connectivity index (χ4n) is 7.50. The number of pyridine rings is 2. The Morgan fingerprint density at radius 1 is 0.852 bits per heavy atom. The van der Waals surface area contributed by atoms with Gasteiger partial charge in [-0.2, -0.15) is 0 Å². The van der Waals surface area contributed by atoms with E-state index in [9.17, 15) is 24.0 Å². The van der Waals surface area contributed by atoms with Crippen LogP contribution in [0.3, 0.4) is 0 Å². The van der Waals surface area contributed by atoms with Crippen LogP contribution in [0.2, 0.25) is 0 Å². The highest BCUT2D eigenvalue weighted by atomic mass is 32.1. The first-order chi connectivity index (χ1) is 29.2. The van der Waals surface area contributed by atoms with Crippen molar-refractivity contribution >= 4 is 51.7 Å². The van der Waals surface area contributed by atoms with Crippen LogP contribution >= 0.6 is 11.3 Å². The van der Waals surface area contributed by atoms with Crippen LogP contribution in [0.1, 0.15) is 132 Å². The fraction of sp³-hybridized carbons (Fsp3) is 0.468. The molecule has 5 rings (SSSR count). The number of esters is 2. The first kappa shape index (κ1) is 46.6. The van der Waals surface area contributed by atoms with Crippen molar-refractivity contribution < 1.29 is 33.4 Å². The van der Waals surface area contributed by atoms with Crippen molar-refractivity contribution in [3.63, 3.8) is 0 Å². The number of nitrogens with one attached hydrogen (secondary N) is 2. The quantitative estimate of drug-likeness (QED) is 0.0884. The highest BCUT2D eigenvalue weighted by Gasteiger charge is 2.28. The zero-order chi connectivity index (χ0) is 44.1. The van der Waals surface area contributed by atoms with Crippen molar-refractivity contribution in [1.29, 1.82) is 0 Å². The van der Waals surface area contributed by atoms with Crippen molar-refractivity contribution in [2.75, 3.05) is 37.9 Å². The van der Waals surface area contributed by atoms with Gasteiger partial charge in [0.2, 0.25) is 5.91 Å². The highest BCUT2D eigenvalue weighted by molar-refractivity contribution is 7.17. The maximum absolute atomic E-state index is 14.2. The number of rotatable bonds is 19. The second kappa shape index (κ2) is 21.9. The monoisotopic (exact) mass is 852 g/mol. The van der Waals surface area contributed by atoms with Gasteiger partial charge in [-0.05, 0) is 120 Å². The number of amides is 3. The average molecular weight is 853 g/mol. The summed E-state index contributed by atoms with van der Waals surface area (Å²) in [5.74, 6) is -1.54. The molecule has 0 atom stereocenters. The summed E-state index contributed by atoms with van der Waals surface area (Å²) in [4.78, 5) is 79.4. The van der Waals surface area contributed by atoms with E-state index in [4.69, 9.17) is 9.47 Å². The van der Waals surface area contributed by atoms with Crippen molar-refractivity contribution in [3.8, 4) is 0 Å². The molecule has 13 nitrogen and oxygen atoms in total. The summed E-state index contributed by atoms with van der Waals surface area (Å²) < 4.78 is 10.2. The molecule has 0 aliphatic heterocycles. The summed E-state index contributed by atoms with van der Waals surface area (Å²) in [5.41, 5.74) is 4.83. The first-order valence-corrected chi connectivity index (χ1v) is 22.0. The molecule has 0 spiro atoms. The number of likely N-dealkylation sites (N-methyl/N-ethyl adjacent to an activating group) is 1. The zero-order valence-electron chi connectivity index (χ0n) is 36.6. The normalized spacial score (nSPS) is 12.5. The minimum Gasteiger partial charge on any atom is -0.465 e. The lowest BCUT2D eigenvalue weighted by molar-refractivity contribution is -0.156. The molecule has 2 N–H and O–H groups in total. The number of hydrogen-bond donors (Lipinski definition) is 2. The third-order valence-electron chi connectivity index (χ3n) is 10.8. The first-order valence-electron chi connectivity index (χ1n) is 21.2. The van der Waals surface area contributed by atoms with Gasteiger partial charge < -0.3 is 25.0 Å². The van der Waals surface area contributed by atoms with Gasteiger partial charge in [-0.1, -0.05) is 26.0 Å². The third-order valence-corrected chi connectivity index (χ3v) is 12.0. The zero-order valence-corrected chi connectivity index (χ0v) is 37.4. The van der Waals surface area contributed by atoms with E-state index >= 15 is 0 Å². The smallest absolute Gasteiger partial charge is 0.337 e. The van der Waals surface area contributed by atoms with Crippen LogP contribution in [0.25, 0.3) is 0 Å². The topological polar surface area (TPSA) is 160 Å². The molecule has 14 heteroatoms. The van der Waals surface area contributed by atoms with E-state index in [1.165, 1.54) is 18.4 Å². The second-order valence-electron chi connectivity index (χ2n) is 16.4. The molecule has 0 saturated carbocycles. The number of fused-ring (bicyclic) bond motifs is 1. The van der Waals surface area contributed by atoms with Crippen molar-refractivity contribution in [2.24, 2.45) is 0 Å². The van der Waals surface area contributed by atoms with Crippen LogP contribution in [-0.4, -0.2) is 88.3 Å². The van der Waals surface area contributed by atoms with Crippen LogP contribution in [0, 0.1) is 0 Å². The van der Waals surface area contributed by atoms with Gasteiger partial charge in [0.25, 0.3) is 11.8 Å². The highest BCUT2D eigenvalue weighted by Crippen LogP contribution is 2.39. The van der Waals surface area contributed by atoms with Gasteiger partial charge in [0, 0.05) is 62.0 Å². The van der Waals surface area contributed by atoms with Gasteiger partial charge in [-0.3, -0.25) is 34.0 Å². The predicted molar refractivity (Wildman–Crippen MR) is 238 cm³/mol. The molecule has 1 aliphatic rings. The number of aryl methyl sites for hydroxylation is 3. The Morgan fingerprint density at radius 3 is 2.30 bits per heavy atom. The van der Waals surface area contributed by atoms with Crippen LogP contribution < -0.4 is 10.6 Å². The van der Waals surface area contributed by atoms with Gasteiger partial charge in [0.1, 0.15) is 10.6 Å². The molecule has 3 aromatic heterocycles. The van der Waals surface area contributed by atoms with E-state index in [0.29, 0.717) is 65.5 Å². The van der Waals surface area contributed by atoms with E-state index in [-0.39, 0.29) is 42.6 Å². The van der Waals surface area contributed by atoms with Crippen LogP contribution in [0.4, 0.5) is 10.7 Å². The molecule has 1 aromatic carbocycles. The second-order valence-corrected chi connectivity index (χ2v) is 17.5. The van der Waals surface area contributed by atoms with E-state index in [2.05, 4.69) is 39.3 Å². The molecule has 326 valence electrons. The summed E-state index contributed by atoms with van der Waals surface area (Å²) in [6, 6.07) is 14.6. The summed E-state index contributed by atoms with van der Waals surface area (Å²) in [6.07, 6.45) is 10.0. The fourth-order valence-corrected chi connectivity index (χ4v) is 8.78. The SMILES string of the molecule is CCC(CC)N(CCN(C)C(=O)CCC(=O)OC(C)(C)C)Cc1cc(C(=O)Nc2sc3c(c2C(=O)Nc2cccnc2CCc2ccc(C(=O)OC)cc2)CCCC3)ccn1. The summed E-state index contributed by atoms with van der Waals surface area (Å²) in [6.45, 7) is 11.2. The molecule has 1 aliphatic carbocycles. The number of thiophene rings is 1. The van der Waals surface area contributed by atoms with Crippen molar-refractivity contribution in [1.82, 2.24) is 19.8 Å². The molecule has 61 heavy (non-hydrogen) atoms. The number of benzene rings is 1. The molecule has 3 amide bonds. The third kappa shape index (κ3) is 13.3. The lowest BCUT2D eigenvalue weighted by Gasteiger charge is -2.32. The van der Waals surface area contributed by atoms with Gasteiger partial charge in [-0.15, -0.1) is 11.3 Å². The van der Waals surface area contributed by atoms with E-state index in [0.717, 1.165) is 60.2 Å². The number of carbonyl (C=O) groups excluding carboxylic acids is 5. The number of methoxy groups -OCH3 is 1. The summed E-state index contributed by atoms with van der Waals surface area (Å²) in [7, 11) is 3.10. The number of ether oxygens (including phenoxy) is 2. The summed E-state index contributed by atoms with van der Waals surface area (Å²) >= 11 is 1.46. The molecular weight excluding hydrogens is 793 g/mol. The molecule has 0 radical (unpaired) electrons.